The smallest absolute Gasteiger partial charge is 0.150 e. The minimum absolute atomic E-state index is 0.700. The summed E-state index contributed by atoms with van der Waals surface area (Å²) in [4.78, 5) is 8.38. The van der Waals surface area contributed by atoms with Gasteiger partial charge in [0.05, 0.1) is 0 Å². The van der Waals surface area contributed by atoms with Crippen molar-refractivity contribution in [3.63, 3.8) is 0 Å². The van der Waals surface area contributed by atoms with Crippen molar-refractivity contribution in [3.05, 3.63) is 39.6 Å². The second-order valence-electron chi connectivity index (χ2n) is 4.00. The Hall–Kier alpha value is -1.33. The molecule has 0 saturated heterocycles. The van der Waals surface area contributed by atoms with E-state index in [2.05, 4.69) is 36.5 Å². The highest BCUT2D eigenvalue weighted by molar-refractivity contribution is 9.10. The van der Waals surface area contributed by atoms with E-state index in [-0.39, 0.29) is 0 Å². The zero-order valence-corrected chi connectivity index (χ0v) is 13.0. The second kappa shape index (κ2) is 6.21. The largest absolute Gasteiger partial charge is 0.369 e. The number of nitrogens with one attached hydrogen (secondary N) is 2. The van der Waals surface area contributed by atoms with Crippen molar-refractivity contribution in [2.45, 2.75) is 13.8 Å². The van der Waals surface area contributed by atoms with Crippen LogP contribution in [0.4, 0.5) is 17.3 Å². The van der Waals surface area contributed by atoms with Gasteiger partial charge in [0.2, 0.25) is 0 Å². The van der Waals surface area contributed by atoms with Crippen LogP contribution in [0.1, 0.15) is 12.5 Å². The molecule has 0 unspecified atom stereocenters. The minimum Gasteiger partial charge on any atom is -0.369 e. The molecule has 0 aliphatic rings. The molecule has 0 aliphatic heterocycles. The Morgan fingerprint density at radius 1 is 1.26 bits per heavy atom. The van der Waals surface area contributed by atoms with Gasteiger partial charge in [-0.05, 0) is 47.5 Å². The Bertz CT molecular complexity index is 589. The highest BCUT2D eigenvalue weighted by Gasteiger charge is 2.08. The van der Waals surface area contributed by atoms with Crippen molar-refractivity contribution in [1.82, 2.24) is 9.97 Å². The van der Waals surface area contributed by atoms with Crippen molar-refractivity contribution >= 4 is 44.9 Å². The number of benzene rings is 1. The fourth-order valence-electron chi connectivity index (χ4n) is 1.56. The van der Waals surface area contributed by atoms with E-state index in [0.29, 0.717) is 5.82 Å². The van der Waals surface area contributed by atoms with Gasteiger partial charge in [0.25, 0.3) is 0 Å². The molecule has 0 aliphatic carbocycles. The van der Waals surface area contributed by atoms with Crippen molar-refractivity contribution in [3.8, 4) is 0 Å². The minimum atomic E-state index is 0.700. The van der Waals surface area contributed by atoms with Gasteiger partial charge in [0, 0.05) is 17.3 Å². The van der Waals surface area contributed by atoms with E-state index in [1.165, 1.54) is 6.33 Å². The van der Waals surface area contributed by atoms with Gasteiger partial charge in [-0.2, -0.15) is 0 Å². The molecule has 1 aromatic carbocycles. The number of hydrogen-bond donors (Lipinski definition) is 2. The average Bonchev–Trinajstić information content (AvgIpc) is 2.39. The van der Waals surface area contributed by atoms with Crippen LogP contribution >= 0.6 is 27.5 Å². The number of aryl methyl sites for hydroxylation is 1. The molecule has 0 spiro atoms. The number of rotatable bonds is 4. The lowest BCUT2D eigenvalue weighted by atomic mass is 10.2. The van der Waals surface area contributed by atoms with Gasteiger partial charge < -0.3 is 10.6 Å². The lowest BCUT2D eigenvalue weighted by molar-refractivity contribution is 1.10. The first-order valence-corrected chi connectivity index (χ1v) is 7.06. The summed E-state index contributed by atoms with van der Waals surface area (Å²) in [5.41, 5.74) is 1.93. The van der Waals surface area contributed by atoms with Gasteiger partial charge in [-0.3, -0.25) is 0 Å². The Kier molecular flexibility index (Phi) is 4.61. The molecule has 0 bridgehead atoms. The zero-order chi connectivity index (χ0) is 13.8. The summed E-state index contributed by atoms with van der Waals surface area (Å²) in [7, 11) is 0. The first-order chi connectivity index (χ1) is 9.11. The molecule has 6 heteroatoms. The van der Waals surface area contributed by atoms with Crippen LogP contribution in [0.2, 0.25) is 5.02 Å². The van der Waals surface area contributed by atoms with Crippen molar-refractivity contribution in [1.29, 1.82) is 0 Å². The summed E-state index contributed by atoms with van der Waals surface area (Å²) in [5.74, 6) is 1.46. The second-order valence-corrected chi connectivity index (χ2v) is 5.20. The molecular formula is C13H14BrClN4. The summed E-state index contributed by atoms with van der Waals surface area (Å²) in [6.07, 6.45) is 1.51. The van der Waals surface area contributed by atoms with E-state index < -0.39 is 0 Å². The van der Waals surface area contributed by atoms with Crippen LogP contribution in [-0.2, 0) is 0 Å². The average molecular weight is 342 g/mol. The van der Waals surface area contributed by atoms with Gasteiger partial charge in [-0.1, -0.05) is 17.7 Å². The van der Waals surface area contributed by atoms with Gasteiger partial charge in [-0.15, -0.1) is 0 Å². The van der Waals surface area contributed by atoms with Crippen molar-refractivity contribution in [2.75, 3.05) is 17.2 Å². The molecular weight excluding hydrogens is 328 g/mol. The number of hydrogen-bond acceptors (Lipinski definition) is 4. The number of halogens is 2. The van der Waals surface area contributed by atoms with E-state index in [1.54, 1.807) is 0 Å². The molecule has 0 amide bonds. The van der Waals surface area contributed by atoms with E-state index in [0.717, 1.165) is 33.1 Å². The summed E-state index contributed by atoms with van der Waals surface area (Å²) in [6.45, 7) is 4.78. The molecule has 2 rings (SSSR count). The third-order valence-corrected chi connectivity index (χ3v) is 3.73. The molecule has 0 radical (unpaired) electrons. The Balaban J connectivity index is 2.27. The van der Waals surface area contributed by atoms with Crippen LogP contribution in [0.5, 0.6) is 0 Å². The summed E-state index contributed by atoms with van der Waals surface area (Å²) < 4.78 is 0.800. The van der Waals surface area contributed by atoms with Gasteiger partial charge in [0.15, 0.2) is 0 Å². The van der Waals surface area contributed by atoms with Crippen LogP contribution in [0.15, 0.2) is 29.0 Å². The molecule has 0 saturated carbocycles. The molecule has 0 atom stereocenters. The first-order valence-electron chi connectivity index (χ1n) is 5.89. The fraction of sp³-hybridized carbons (Fsp3) is 0.231. The first kappa shape index (κ1) is 14.1. The predicted molar refractivity (Wildman–Crippen MR) is 83.4 cm³/mol. The fourth-order valence-corrected chi connectivity index (χ4v) is 2.18. The molecule has 100 valence electrons. The van der Waals surface area contributed by atoms with Crippen molar-refractivity contribution < 1.29 is 0 Å². The number of anilines is 3. The SMILES string of the molecule is CCNc1ncnc(Nc2ccc(C)c(Cl)c2)c1Br. The van der Waals surface area contributed by atoms with Gasteiger partial charge >= 0.3 is 0 Å². The van der Waals surface area contributed by atoms with Crippen molar-refractivity contribution in [2.24, 2.45) is 0 Å². The van der Waals surface area contributed by atoms with E-state index in [9.17, 15) is 0 Å². The summed E-state index contributed by atoms with van der Waals surface area (Å²) in [6, 6.07) is 5.80. The van der Waals surface area contributed by atoms with Crippen LogP contribution in [-0.4, -0.2) is 16.5 Å². The monoisotopic (exact) mass is 340 g/mol. The van der Waals surface area contributed by atoms with Gasteiger partial charge in [-0.25, -0.2) is 9.97 Å². The van der Waals surface area contributed by atoms with Gasteiger partial charge in [0.1, 0.15) is 22.4 Å². The summed E-state index contributed by atoms with van der Waals surface area (Å²) >= 11 is 9.59. The van der Waals surface area contributed by atoms with Crippen LogP contribution in [0, 0.1) is 6.92 Å². The lowest BCUT2D eigenvalue weighted by Crippen LogP contribution is -2.03. The van der Waals surface area contributed by atoms with E-state index in [1.807, 2.05) is 32.0 Å². The number of aromatic nitrogens is 2. The maximum absolute atomic E-state index is 6.10. The third kappa shape index (κ3) is 3.36. The zero-order valence-electron chi connectivity index (χ0n) is 10.7. The van der Waals surface area contributed by atoms with E-state index >= 15 is 0 Å². The highest BCUT2D eigenvalue weighted by Crippen LogP contribution is 2.30. The van der Waals surface area contributed by atoms with Crippen LogP contribution < -0.4 is 10.6 Å². The summed E-state index contributed by atoms with van der Waals surface area (Å²) in [5, 5.41) is 7.10. The maximum atomic E-state index is 6.10. The third-order valence-electron chi connectivity index (χ3n) is 2.57. The number of nitrogens with zero attached hydrogens (tertiary/aromatic N) is 2. The predicted octanol–water partition coefficient (Wildman–Crippen LogP) is 4.38. The van der Waals surface area contributed by atoms with Crippen LogP contribution in [0.25, 0.3) is 0 Å². The molecule has 19 heavy (non-hydrogen) atoms. The normalized spacial score (nSPS) is 10.3. The Morgan fingerprint density at radius 3 is 2.68 bits per heavy atom. The Morgan fingerprint density at radius 2 is 2.00 bits per heavy atom. The molecule has 2 aromatic rings. The Labute approximate surface area is 125 Å². The lowest BCUT2D eigenvalue weighted by Gasteiger charge is -2.11. The topological polar surface area (TPSA) is 49.8 Å². The van der Waals surface area contributed by atoms with E-state index in [4.69, 9.17) is 11.6 Å². The van der Waals surface area contributed by atoms with Crippen LogP contribution in [0.3, 0.4) is 0 Å². The maximum Gasteiger partial charge on any atom is 0.150 e. The standard InChI is InChI=1S/C13H14BrClN4/c1-3-16-12-11(14)13(18-7-17-12)19-9-5-4-8(2)10(15)6-9/h4-7H,3H2,1-2H3,(H2,16,17,18,19). The molecule has 0 fully saturated rings. The molecule has 1 aromatic heterocycles. The highest BCUT2D eigenvalue weighted by atomic mass is 79.9. The molecule has 1 heterocycles. The molecule has 4 nitrogen and oxygen atoms in total. The quantitative estimate of drug-likeness (QED) is 0.866. The molecule has 2 N–H and O–H groups in total.